The highest BCUT2D eigenvalue weighted by atomic mass is 19.1. The van der Waals surface area contributed by atoms with E-state index in [0.717, 1.165) is 16.8 Å². The van der Waals surface area contributed by atoms with Gasteiger partial charge in [0.15, 0.2) is 0 Å². The number of allylic oxidation sites excluding steroid dienone is 1. The van der Waals surface area contributed by atoms with Gasteiger partial charge in [-0.05, 0) is 59.2 Å². The third kappa shape index (κ3) is 5.42. The molecule has 0 aliphatic carbocycles. The van der Waals surface area contributed by atoms with Crippen LogP contribution in [0.2, 0.25) is 0 Å². The van der Waals surface area contributed by atoms with Crippen molar-refractivity contribution in [3.8, 4) is 11.1 Å². The van der Waals surface area contributed by atoms with Gasteiger partial charge in [-0.1, -0.05) is 30.3 Å². The number of carbonyl (C=O) groups excluding carboxylic acids is 2. The number of anilines is 2. The van der Waals surface area contributed by atoms with Crippen molar-refractivity contribution in [1.29, 1.82) is 0 Å². The van der Waals surface area contributed by atoms with E-state index in [0.29, 0.717) is 23.8 Å². The summed E-state index contributed by atoms with van der Waals surface area (Å²) in [5.41, 5.74) is 3.63. The minimum atomic E-state index is -0.563. The Bertz CT molecular complexity index is 1110. The first-order chi connectivity index (χ1) is 14.9. The molecule has 0 aliphatic heterocycles. The summed E-state index contributed by atoms with van der Waals surface area (Å²) in [6.07, 6.45) is 3.76. The van der Waals surface area contributed by atoms with Gasteiger partial charge < -0.3 is 9.80 Å². The second-order valence-corrected chi connectivity index (χ2v) is 7.22. The van der Waals surface area contributed by atoms with Crippen LogP contribution < -0.4 is 9.80 Å². The van der Waals surface area contributed by atoms with Crippen molar-refractivity contribution in [2.45, 2.75) is 6.54 Å². The standard InChI is InChI=1S/C25H22F2N2O2/c1-28(2)23-9-7-19(8-10-23)20-5-6-21(25(27)14-20)16-29(17-31)24-13-18(4-3-11-30)12-22(26)15-24/h3-15,17H,16H2,1-2H3/b4-3+. The van der Waals surface area contributed by atoms with Crippen molar-refractivity contribution in [2.24, 2.45) is 0 Å². The maximum absolute atomic E-state index is 14.8. The summed E-state index contributed by atoms with van der Waals surface area (Å²) < 4.78 is 28.8. The van der Waals surface area contributed by atoms with E-state index in [1.54, 1.807) is 18.2 Å². The molecule has 1 amide bonds. The lowest BCUT2D eigenvalue weighted by atomic mass is 10.0. The predicted octanol–water partition coefficient (Wildman–Crippen LogP) is 5.07. The molecule has 6 heteroatoms. The molecule has 0 aliphatic rings. The van der Waals surface area contributed by atoms with Gasteiger partial charge in [0.05, 0.1) is 6.54 Å². The summed E-state index contributed by atoms with van der Waals surface area (Å²) in [6.45, 7) is -0.0601. The zero-order valence-electron chi connectivity index (χ0n) is 17.3. The molecule has 0 heterocycles. The van der Waals surface area contributed by atoms with Crippen molar-refractivity contribution in [2.75, 3.05) is 23.9 Å². The molecule has 3 aromatic carbocycles. The Balaban J connectivity index is 1.84. The molecule has 3 aromatic rings. The van der Waals surface area contributed by atoms with E-state index in [2.05, 4.69) is 0 Å². The molecule has 31 heavy (non-hydrogen) atoms. The fourth-order valence-electron chi connectivity index (χ4n) is 3.19. The number of benzene rings is 3. The van der Waals surface area contributed by atoms with Crippen molar-refractivity contribution in [1.82, 2.24) is 0 Å². The maximum Gasteiger partial charge on any atom is 0.214 e. The number of rotatable bonds is 8. The average molecular weight is 420 g/mol. The van der Waals surface area contributed by atoms with E-state index in [4.69, 9.17) is 0 Å². The van der Waals surface area contributed by atoms with Gasteiger partial charge >= 0.3 is 0 Å². The van der Waals surface area contributed by atoms with Gasteiger partial charge in [-0.25, -0.2) is 8.78 Å². The molecule has 0 atom stereocenters. The first-order valence-corrected chi connectivity index (χ1v) is 9.62. The van der Waals surface area contributed by atoms with Crippen molar-refractivity contribution in [3.05, 3.63) is 89.5 Å². The minimum absolute atomic E-state index is 0.0601. The number of carbonyl (C=O) groups is 2. The molecule has 0 unspecified atom stereocenters. The zero-order valence-corrected chi connectivity index (χ0v) is 17.3. The van der Waals surface area contributed by atoms with Gasteiger partial charge in [0.2, 0.25) is 6.41 Å². The number of halogens is 2. The fraction of sp³-hybridized carbons (Fsp3) is 0.120. The molecule has 0 saturated heterocycles. The van der Waals surface area contributed by atoms with Crippen LogP contribution in [0.15, 0.2) is 66.7 Å². The van der Waals surface area contributed by atoms with Crippen LogP contribution in [-0.2, 0) is 16.1 Å². The van der Waals surface area contributed by atoms with Gasteiger partial charge in [0.25, 0.3) is 0 Å². The van der Waals surface area contributed by atoms with Gasteiger partial charge in [-0.2, -0.15) is 0 Å². The first kappa shape index (κ1) is 21.9. The molecular formula is C25H22F2N2O2. The highest BCUT2D eigenvalue weighted by Gasteiger charge is 2.13. The summed E-state index contributed by atoms with van der Waals surface area (Å²) in [6, 6.07) is 16.6. The third-order valence-corrected chi connectivity index (χ3v) is 4.84. The normalized spacial score (nSPS) is 10.8. The topological polar surface area (TPSA) is 40.6 Å². The van der Waals surface area contributed by atoms with Crippen LogP contribution >= 0.6 is 0 Å². The van der Waals surface area contributed by atoms with Gasteiger partial charge in [0.1, 0.15) is 17.9 Å². The van der Waals surface area contributed by atoms with E-state index in [-0.39, 0.29) is 12.2 Å². The summed E-state index contributed by atoms with van der Waals surface area (Å²) in [7, 11) is 3.89. The lowest BCUT2D eigenvalue weighted by Crippen LogP contribution is -2.21. The Kier molecular flexibility index (Phi) is 6.92. The van der Waals surface area contributed by atoms with Gasteiger partial charge in [0, 0.05) is 31.0 Å². The molecular weight excluding hydrogens is 398 g/mol. The van der Waals surface area contributed by atoms with Crippen molar-refractivity contribution >= 4 is 30.1 Å². The molecule has 0 aromatic heterocycles. The average Bonchev–Trinajstić information content (AvgIpc) is 2.76. The third-order valence-electron chi connectivity index (χ3n) is 4.84. The second-order valence-electron chi connectivity index (χ2n) is 7.22. The van der Waals surface area contributed by atoms with E-state index in [1.807, 2.05) is 43.3 Å². The van der Waals surface area contributed by atoms with E-state index < -0.39 is 11.6 Å². The summed E-state index contributed by atoms with van der Waals surface area (Å²) in [4.78, 5) is 25.3. The lowest BCUT2D eigenvalue weighted by Gasteiger charge is -2.19. The SMILES string of the molecule is CN(C)c1ccc(-c2ccc(CN(C=O)c3cc(F)cc(/C=C/C=O)c3)c(F)c2)cc1. The fourth-order valence-corrected chi connectivity index (χ4v) is 3.19. The molecule has 0 N–H and O–H groups in total. The summed E-state index contributed by atoms with van der Waals surface area (Å²) >= 11 is 0. The van der Waals surface area contributed by atoms with E-state index >= 15 is 0 Å². The number of nitrogens with zero attached hydrogens (tertiary/aromatic N) is 2. The van der Waals surface area contributed by atoms with E-state index in [1.165, 1.54) is 35.3 Å². The smallest absolute Gasteiger partial charge is 0.214 e. The molecule has 158 valence electrons. The number of aldehydes is 1. The predicted molar refractivity (Wildman–Crippen MR) is 120 cm³/mol. The number of amides is 1. The Morgan fingerprint density at radius 2 is 1.55 bits per heavy atom. The lowest BCUT2D eigenvalue weighted by molar-refractivity contribution is -0.107. The maximum atomic E-state index is 14.8. The monoisotopic (exact) mass is 420 g/mol. The highest BCUT2D eigenvalue weighted by molar-refractivity contribution is 5.79. The Labute approximate surface area is 180 Å². The summed E-state index contributed by atoms with van der Waals surface area (Å²) in [5, 5.41) is 0. The van der Waals surface area contributed by atoms with Crippen LogP contribution in [-0.4, -0.2) is 26.8 Å². The van der Waals surface area contributed by atoms with E-state index in [9.17, 15) is 18.4 Å². The molecule has 3 rings (SSSR count). The van der Waals surface area contributed by atoms with Crippen LogP contribution in [0.1, 0.15) is 11.1 Å². The van der Waals surface area contributed by atoms with Crippen LogP contribution in [0, 0.1) is 11.6 Å². The van der Waals surface area contributed by atoms with Crippen LogP contribution in [0.3, 0.4) is 0 Å². The van der Waals surface area contributed by atoms with Crippen LogP contribution in [0.4, 0.5) is 20.2 Å². The van der Waals surface area contributed by atoms with Crippen molar-refractivity contribution < 1.29 is 18.4 Å². The Morgan fingerprint density at radius 1 is 0.839 bits per heavy atom. The quantitative estimate of drug-likeness (QED) is 0.377. The number of hydrogen-bond acceptors (Lipinski definition) is 3. The Morgan fingerprint density at radius 3 is 2.16 bits per heavy atom. The molecule has 0 spiro atoms. The zero-order chi connectivity index (χ0) is 22.4. The Hall–Kier alpha value is -3.80. The first-order valence-electron chi connectivity index (χ1n) is 9.62. The highest BCUT2D eigenvalue weighted by Crippen LogP contribution is 2.26. The van der Waals surface area contributed by atoms with Gasteiger partial charge in [-0.3, -0.25) is 9.59 Å². The van der Waals surface area contributed by atoms with Crippen LogP contribution in [0.5, 0.6) is 0 Å². The number of hydrogen-bond donors (Lipinski definition) is 0. The minimum Gasteiger partial charge on any atom is -0.378 e. The molecule has 0 bridgehead atoms. The van der Waals surface area contributed by atoms with Crippen molar-refractivity contribution in [3.63, 3.8) is 0 Å². The second kappa shape index (κ2) is 9.80. The van der Waals surface area contributed by atoms with Crippen LogP contribution in [0.25, 0.3) is 17.2 Å². The summed E-state index contributed by atoms with van der Waals surface area (Å²) in [5.74, 6) is -1.02. The van der Waals surface area contributed by atoms with Gasteiger partial charge in [-0.15, -0.1) is 0 Å². The largest absolute Gasteiger partial charge is 0.378 e. The molecule has 4 nitrogen and oxygen atoms in total. The molecule has 0 radical (unpaired) electrons. The molecule has 0 fully saturated rings. The molecule has 0 saturated carbocycles.